The van der Waals surface area contributed by atoms with Crippen LogP contribution in [0.2, 0.25) is 0 Å². The van der Waals surface area contributed by atoms with Crippen molar-refractivity contribution < 1.29 is 4.79 Å². The van der Waals surface area contributed by atoms with Crippen molar-refractivity contribution in [1.82, 2.24) is 15.3 Å². The highest BCUT2D eigenvalue weighted by atomic mass is 32.1. The molecular weight excluding hydrogens is 374 g/mol. The van der Waals surface area contributed by atoms with Crippen LogP contribution in [0.4, 0.5) is 0 Å². The zero-order chi connectivity index (χ0) is 18.2. The van der Waals surface area contributed by atoms with Crippen molar-refractivity contribution in [3.63, 3.8) is 0 Å². The molecule has 0 radical (unpaired) electrons. The first-order valence-corrected chi connectivity index (χ1v) is 11.5. The lowest BCUT2D eigenvalue weighted by molar-refractivity contribution is -0.118. The molecule has 3 aromatic rings. The predicted molar refractivity (Wildman–Crippen MR) is 111 cm³/mol. The third-order valence-corrected chi connectivity index (χ3v) is 7.81. The van der Waals surface area contributed by atoms with Gasteiger partial charge in [-0.3, -0.25) is 9.78 Å². The van der Waals surface area contributed by atoms with Gasteiger partial charge in [0, 0.05) is 40.9 Å². The summed E-state index contributed by atoms with van der Waals surface area (Å²) in [7, 11) is 0. The van der Waals surface area contributed by atoms with Crippen molar-refractivity contribution in [2.45, 2.75) is 51.5 Å². The number of ketones is 1. The summed E-state index contributed by atoms with van der Waals surface area (Å²) < 4.78 is 1.16. The van der Waals surface area contributed by atoms with Crippen LogP contribution in [0.1, 0.15) is 47.4 Å². The number of nitrogens with one attached hydrogen (secondary N) is 1. The number of carbonyl (C=O) groups excluding carboxylic acids is 1. The molecule has 0 saturated heterocycles. The summed E-state index contributed by atoms with van der Waals surface area (Å²) in [6.45, 7) is 1.91. The number of carbonyl (C=O) groups is 1. The molecule has 3 aromatic heterocycles. The monoisotopic (exact) mass is 397 g/mol. The highest BCUT2D eigenvalue weighted by Crippen LogP contribution is 2.42. The molecule has 1 aliphatic heterocycles. The number of rotatable bonds is 7. The van der Waals surface area contributed by atoms with Crippen LogP contribution < -0.4 is 5.32 Å². The number of thiazole rings is 1. The first kappa shape index (κ1) is 17.5. The lowest BCUT2D eigenvalue weighted by Crippen LogP contribution is -2.22. The Balaban J connectivity index is 1.45. The number of hydrogen-bond donors (Lipinski definition) is 1. The number of Topliss-reactive ketones (excluding diaryl/α,β-unsaturated/α-hetero) is 1. The van der Waals surface area contributed by atoms with Crippen LogP contribution in [-0.4, -0.2) is 22.3 Å². The Bertz CT molecular complexity index is 954. The summed E-state index contributed by atoms with van der Waals surface area (Å²) in [5, 5.41) is 4.52. The van der Waals surface area contributed by atoms with E-state index in [1.807, 2.05) is 29.8 Å². The number of pyridine rings is 1. The Hall–Kier alpha value is -1.63. The summed E-state index contributed by atoms with van der Waals surface area (Å²) in [6.07, 6.45) is 11.0. The van der Waals surface area contributed by atoms with Gasteiger partial charge in [0.1, 0.15) is 16.3 Å². The van der Waals surface area contributed by atoms with Gasteiger partial charge in [-0.15, -0.1) is 22.7 Å². The number of nitrogens with zero attached hydrogens (tertiary/aromatic N) is 2. The fraction of sp³-hybridized carbons (Fsp3) is 0.476. The highest BCUT2D eigenvalue weighted by molar-refractivity contribution is 7.22. The van der Waals surface area contributed by atoms with Crippen molar-refractivity contribution in [1.29, 1.82) is 0 Å². The van der Waals surface area contributed by atoms with Crippen LogP contribution in [0.3, 0.4) is 0 Å². The summed E-state index contributed by atoms with van der Waals surface area (Å²) in [6, 6.07) is 2.03. The molecule has 0 bridgehead atoms. The number of aromatic nitrogens is 2. The second kappa shape index (κ2) is 7.41. The van der Waals surface area contributed by atoms with Crippen molar-refractivity contribution in [2.24, 2.45) is 5.92 Å². The molecule has 0 aromatic carbocycles. The van der Waals surface area contributed by atoms with E-state index < -0.39 is 0 Å². The van der Waals surface area contributed by atoms with E-state index >= 15 is 0 Å². The van der Waals surface area contributed by atoms with Crippen LogP contribution >= 0.6 is 22.7 Å². The summed E-state index contributed by atoms with van der Waals surface area (Å²) in [5.74, 6) is 1.29. The molecule has 4 heterocycles. The molecule has 0 atom stereocenters. The molecule has 0 amide bonds. The van der Waals surface area contributed by atoms with Gasteiger partial charge in [0.15, 0.2) is 0 Å². The Morgan fingerprint density at radius 2 is 2.22 bits per heavy atom. The molecule has 1 N–H and O–H groups in total. The number of hydrogen-bond acceptors (Lipinski definition) is 6. The Kier molecular flexibility index (Phi) is 4.80. The Morgan fingerprint density at radius 1 is 1.30 bits per heavy atom. The maximum absolute atomic E-state index is 12.6. The van der Waals surface area contributed by atoms with E-state index in [1.165, 1.54) is 40.1 Å². The van der Waals surface area contributed by atoms with Gasteiger partial charge in [-0.2, -0.15) is 0 Å². The third-order valence-electron chi connectivity index (χ3n) is 5.53. The van der Waals surface area contributed by atoms with E-state index in [-0.39, 0.29) is 0 Å². The predicted octanol–water partition coefficient (Wildman–Crippen LogP) is 4.76. The first-order valence-electron chi connectivity index (χ1n) is 9.84. The minimum Gasteiger partial charge on any atom is -0.312 e. The van der Waals surface area contributed by atoms with Gasteiger partial charge in [-0.25, -0.2) is 4.98 Å². The Morgan fingerprint density at radius 3 is 3.07 bits per heavy atom. The third kappa shape index (κ3) is 3.71. The molecule has 1 aliphatic carbocycles. The zero-order valence-electron chi connectivity index (χ0n) is 15.3. The number of thiophene rings is 1. The lowest BCUT2D eigenvalue weighted by atomic mass is 10.00. The molecule has 6 heteroatoms. The molecule has 5 rings (SSSR count). The largest absolute Gasteiger partial charge is 0.312 e. The van der Waals surface area contributed by atoms with Crippen molar-refractivity contribution in [3.8, 4) is 10.6 Å². The van der Waals surface area contributed by atoms with E-state index in [2.05, 4.69) is 10.3 Å². The average molecular weight is 398 g/mol. The molecule has 1 saturated carbocycles. The Labute approximate surface area is 167 Å². The van der Waals surface area contributed by atoms with Gasteiger partial charge in [-0.1, -0.05) is 19.3 Å². The van der Waals surface area contributed by atoms with Gasteiger partial charge in [0.2, 0.25) is 0 Å². The summed E-state index contributed by atoms with van der Waals surface area (Å²) in [4.78, 5) is 24.3. The minimum absolute atomic E-state index is 0.381. The summed E-state index contributed by atoms with van der Waals surface area (Å²) >= 11 is 3.54. The van der Waals surface area contributed by atoms with Gasteiger partial charge in [0.25, 0.3) is 0 Å². The van der Waals surface area contributed by atoms with E-state index in [0.717, 1.165) is 53.5 Å². The second-order valence-electron chi connectivity index (χ2n) is 7.64. The summed E-state index contributed by atoms with van der Waals surface area (Å²) in [5.41, 5.74) is 3.60. The van der Waals surface area contributed by atoms with Crippen LogP contribution in [0, 0.1) is 5.92 Å². The maximum atomic E-state index is 12.6. The van der Waals surface area contributed by atoms with E-state index in [9.17, 15) is 4.79 Å². The molecule has 0 spiro atoms. The normalized spacial score (nSPS) is 16.6. The van der Waals surface area contributed by atoms with Crippen molar-refractivity contribution in [2.75, 3.05) is 6.54 Å². The van der Waals surface area contributed by atoms with Crippen LogP contribution in [-0.2, 0) is 24.2 Å². The quantitative estimate of drug-likeness (QED) is 0.625. The first-order chi connectivity index (χ1) is 13.3. The van der Waals surface area contributed by atoms with Gasteiger partial charge in [-0.05, 0) is 36.9 Å². The maximum Gasteiger partial charge on any atom is 0.138 e. The van der Waals surface area contributed by atoms with Crippen LogP contribution in [0.5, 0.6) is 0 Å². The topological polar surface area (TPSA) is 54.9 Å². The smallest absolute Gasteiger partial charge is 0.138 e. The fourth-order valence-corrected chi connectivity index (χ4v) is 6.36. The minimum atomic E-state index is 0.381. The van der Waals surface area contributed by atoms with Crippen molar-refractivity contribution >= 4 is 38.7 Å². The molecule has 1 fully saturated rings. The van der Waals surface area contributed by atoms with Crippen molar-refractivity contribution in [3.05, 3.63) is 33.8 Å². The lowest BCUT2D eigenvalue weighted by Gasteiger charge is -2.13. The fourth-order valence-electron chi connectivity index (χ4n) is 3.91. The molecule has 4 nitrogen and oxygen atoms in total. The zero-order valence-corrected chi connectivity index (χ0v) is 16.9. The van der Waals surface area contributed by atoms with Gasteiger partial charge in [0.05, 0.1) is 10.9 Å². The molecular formula is C21H23N3OS2. The highest BCUT2D eigenvalue weighted by Gasteiger charge is 2.25. The molecule has 140 valence electrons. The van der Waals surface area contributed by atoms with E-state index in [1.54, 1.807) is 11.3 Å². The van der Waals surface area contributed by atoms with E-state index in [0.29, 0.717) is 12.2 Å². The van der Waals surface area contributed by atoms with E-state index in [4.69, 9.17) is 4.98 Å². The van der Waals surface area contributed by atoms with Crippen LogP contribution in [0.15, 0.2) is 18.5 Å². The SMILES string of the molecule is O=C(CCCC1CC1)Cc1sc2c(c1-c1nc3cnccc3s1)CCNC2. The second-order valence-corrected chi connectivity index (χ2v) is 9.86. The van der Waals surface area contributed by atoms with Crippen LogP contribution in [0.25, 0.3) is 20.8 Å². The average Bonchev–Trinajstić information content (AvgIpc) is 3.27. The van der Waals surface area contributed by atoms with Gasteiger partial charge >= 0.3 is 0 Å². The standard InChI is InChI=1S/C21H23N3OS2/c25-14(3-1-2-13-4-5-13)10-18-20(15-6-8-23-12-19(15)26-18)21-24-16-11-22-9-7-17(16)27-21/h7,9,11,13,23H,1-6,8,10,12H2. The van der Waals surface area contributed by atoms with Gasteiger partial charge < -0.3 is 5.32 Å². The molecule has 27 heavy (non-hydrogen) atoms. The molecule has 2 aliphatic rings. The molecule has 0 unspecified atom stereocenters. The number of fused-ring (bicyclic) bond motifs is 2.